The Labute approximate surface area is 162 Å². The molecule has 2 aromatic rings. The Bertz CT molecular complexity index is 859. The van der Waals surface area contributed by atoms with E-state index >= 15 is 0 Å². The van der Waals surface area contributed by atoms with Crippen molar-refractivity contribution < 1.29 is 19.1 Å². The number of benzene rings is 2. The summed E-state index contributed by atoms with van der Waals surface area (Å²) >= 11 is 6.01. The molecule has 0 aromatic heterocycles. The fourth-order valence-electron chi connectivity index (χ4n) is 2.90. The molecule has 2 N–H and O–H groups in total. The molecule has 27 heavy (non-hydrogen) atoms. The van der Waals surface area contributed by atoms with Gasteiger partial charge in [0.2, 0.25) is 5.91 Å². The average Bonchev–Trinajstić information content (AvgIpc) is 2.67. The maximum absolute atomic E-state index is 12.6. The molecule has 8 heteroatoms. The van der Waals surface area contributed by atoms with Gasteiger partial charge in [0, 0.05) is 12.1 Å². The molecular formula is C19H20ClN3O4. The quantitative estimate of drug-likeness (QED) is 0.820. The highest BCUT2D eigenvalue weighted by Crippen LogP contribution is 2.33. The molecule has 1 atom stereocenters. The van der Waals surface area contributed by atoms with Crippen LogP contribution in [-0.2, 0) is 9.59 Å². The fourth-order valence-corrected chi connectivity index (χ4v) is 3.07. The third kappa shape index (κ3) is 4.25. The standard InChI is InChI=1S/C19H20ClN3O4/c1-21-19(25)17-10-23(14-5-3-4-6-16(14)27-17)11-18(24)22-13-9-12(20)7-8-15(13)26-2/h3-9,17H,10-11H2,1-2H3,(H,21,25)(H,22,24)/t17-/m1/s1. The number of carbonyl (C=O) groups excluding carboxylic acids is 2. The molecule has 0 fully saturated rings. The number of carbonyl (C=O) groups is 2. The number of methoxy groups -OCH3 is 1. The first-order chi connectivity index (χ1) is 13.0. The van der Waals surface area contributed by atoms with Gasteiger partial charge in [0.15, 0.2) is 6.10 Å². The molecule has 3 rings (SSSR count). The number of fused-ring (bicyclic) bond motifs is 1. The maximum atomic E-state index is 12.6. The molecule has 0 bridgehead atoms. The van der Waals surface area contributed by atoms with E-state index in [2.05, 4.69) is 10.6 Å². The zero-order valence-electron chi connectivity index (χ0n) is 15.0. The third-order valence-corrected chi connectivity index (χ3v) is 4.41. The number of likely N-dealkylation sites (N-methyl/N-ethyl adjacent to an activating group) is 1. The van der Waals surface area contributed by atoms with Crippen LogP contribution in [0.2, 0.25) is 5.02 Å². The number of ether oxygens (including phenoxy) is 2. The van der Waals surface area contributed by atoms with Gasteiger partial charge in [-0.25, -0.2) is 0 Å². The molecule has 0 unspecified atom stereocenters. The number of hydrogen-bond donors (Lipinski definition) is 2. The predicted octanol–water partition coefficient (Wildman–Crippen LogP) is 2.30. The van der Waals surface area contributed by atoms with Crippen molar-refractivity contribution in [2.24, 2.45) is 0 Å². The second-order valence-corrected chi connectivity index (χ2v) is 6.40. The first kappa shape index (κ1) is 18.8. The van der Waals surface area contributed by atoms with Gasteiger partial charge in [-0.15, -0.1) is 0 Å². The lowest BCUT2D eigenvalue weighted by molar-refractivity contribution is -0.127. The molecule has 0 saturated carbocycles. The molecule has 0 spiro atoms. The summed E-state index contributed by atoms with van der Waals surface area (Å²) in [5.41, 5.74) is 1.24. The van der Waals surface area contributed by atoms with Crippen LogP contribution >= 0.6 is 11.6 Å². The molecule has 0 aliphatic carbocycles. The van der Waals surface area contributed by atoms with Gasteiger partial charge in [0.1, 0.15) is 11.5 Å². The minimum atomic E-state index is -0.696. The Balaban J connectivity index is 1.78. The molecular weight excluding hydrogens is 370 g/mol. The maximum Gasteiger partial charge on any atom is 0.262 e. The summed E-state index contributed by atoms with van der Waals surface area (Å²) in [6.45, 7) is 0.306. The van der Waals surface area contributed by atoms with E-state index in [1.807, 2.05) is 23.1 Å². The summed E-state index contributed by atoms with van der Waals surface area (Å²) < 4.78 is 11.0. The normalized spacial score (nSPS) is 15.4. The van der Waals surface area contributed by atoms with Crippen molar-refractivity contribution in [3.8, 4) is 11.5 Å². The summed E-state index contributed by atoms with van der Waals surface area (Å²) in [6, 6.07) is 12.3. The first-order valence-corrected chi connectivity index (χ1v) is 8.75. The molecule has 7 nitrogen and oxygen atoms in total. The number of nitrogens with one attached hydrogen (secondary N) is 2. The van der Waals surface area contributed by atoms with E-state index in [1.165, 1.54) is 7.11 Å². The van der Waals surface area contributed by atoms with E-state index in [1.54, 1.807) is 31.3 Å². The van der Waals surface area contributed by atoms with Crippen molar-refractivity contribution in [3.05, 3.63) is 47.5 Å². The zero-order chi connectivity index (χ0) is 19.4. The smallest absolute Gasteiger partial charge is 0.262 e. The Kier molecular flexibility index (Phi) is 5.71. The van der Waals surface area contributed by atoms with E-state index < -0.39 is 6.10 Å². The summed E-state index contributed by atoms with van der Waals surface area (Å²) in [7, 11) is 3.07. The second kappa shape index (κ2) is 8.18. The third-order valence-electron chi connectivity index (χ3n) is 4.17. The monoisotopic (exact) mass is 389 g/mol. The van der Waals surface area contributed by atoms with Gasteiger partial charge < -0.3 is 25.0 Å². The molecule has 0 radical (unpaired) electrons. The van der Waals surface area contributed by atoms with E-state index in [0.29, 0.717) is 22.2 Å². The van der Waals surface area contributed by atoms with Gasteiger partial charge in [-0.05, 0) is 30.3 Å². The predicted molar refractivity (Wildman–Crippen MR) is 104 cm³/mol. The van der Waals surface area contributed by atoms with Crippen LogP contribution in [0.4, 0.5) is 11.4 Å². The number of anilines is 2. The van der Waals surface area contributed by atoms with Crippen LogP contribution in [0.1, 0.15) is 0 Å². The summed E-state index contributed by atoms with van der Waals surface area (Å²) in [6.07, 6.45) is -0.696. The molecule has 1 heterocycles. The van der Waals surface area contributed by atoms with E-state index in [4.69, 9.17) is 21.1 Å². The van der Waals surface area contributed by atoms with Crippen LogP contribution in [0.25, 0.3) is 0 Å². The molecule has 1 aliphatic heterocycles. The van der Waals surface area contributed by atoms with Crippen molar-refractivity contribution in [1.29, 1.82) is 0 Å². The molecule has 0 saturated heterocycles. The van der Waals surface area contributed by atoms with Crippen LogP contribution in [0.15, 0.2) is 42.5 Å². The van der Waals surface area contributed by atoms with Crippen LogP contribution in [0.3, 0.4) is 0 Å². The highest BCUT2D eigenvalue weighted by molar-refractivity contribution is 6.31. The average molecular weight is 390 g/mol. The van der Waals surface area contributed by atoms with E-state index in [-0.39, 0.29) is 24.9 Å². The van der Waals surface area contributed by atoms with Gasteiger partial charge in [0.05, 0.1) is 31.6 Å². The highest BCUT2D eigenvalue weighted by atomic mass is 35.5. The number of halogens is 1. The van der Waals surface area contributed by atoms with Gasteiger partial charge in [-0.2, -0.15) is 0 Å². The SMILES string of the molecule is CNC(=O)[C@H]1CN(CC(=O)Nc2cc(Cl)ccc2OC)c2ccccc2O1. The minimum Gasteiger partial charge on any atom is -0.495 e. The molecule has 2 aromatic carbocycles. The Morgan fingerprint density at radius 3 is 2.81 bits per heavy atom. The van der Waals surface area contributed by atoms with Crippen molar-refractivity contribution >= 4 is 34.8 Å². The Morgan fingerprint density at radius 1 is 1.30 bits per heavy atom. The lowest BCUT2D eigenvalue weighted by atomic mass is 10.1. The lowest BCUT2D eigenvalue weighted by Gasteiger charge is -2.35. The van der Waals surface area contributed by atoms with Crippen molar-refractivity contribution in [2.45, 2.75) is 6.10 Å². The van der Waals surface area contributed by atoms with Gasteiger partial charge in [-0.1, -0.05) is 23.7 Å². The van der Waals surface area contributed by atoms with Crippen LogP contribution in [-0.4, -0.2) is 45.2 Å². The lowest BCUT2D eigenvalue weighted by Crippen LogP contribution is -2.50. The van der Waals surface area contributed by atoms with Crippen molar-refractivity contribution in [1.82, 2.24) is 5.32 Å². The molecule has 2 amide bonds. The van der Waals surface area contributed by atoms with Crippen LogP contribution in [0.5, 0.6) is 11.5 Å². The number of amides is 2. The highest BCUT2D eigenvalue weighted by Gasteiger charge is 2.31. The number of hydrogen-bond acceptors (Lipinski definition) is 5. The van der Waals surface area contributed by atoms with Crippen LogP contribution in [0, 0.1) is 0 Å². The van der Waals surface area contributed by atoms with Crippen molar-refractivity contribution in [3.63, 3.8) is 0 Å². The topological polar surface area (TPSA) is 79.9 Å². The fraction of sp³-hybridized carbons (Fsp3) is 0.263. The minimum absolute atomic E-state index is 0.0452. The Hall–Kier alpha value is -2.93. The van der Waals surface area contributed by atoms with Crippen molar-refractivity contribution in [2.75, 3.05) is 37.5 Å². The van der Waals surface area contributed by atoms with Gasteiger partial charge in [0.25, 0.3) is 5.91 Å². The second-order valence-electron chi connectivity index (χ2n) is 5.96. The summed E-state index contributed by atoms with van der Waals surface area (Å²) in [4.78, 5) is 26.5. The van der Waals surface area contributed by atoms with E-state index in [0.717, 1.165) is 5.69 Å². The van der Waals surface area contributed by atoms with Crippen LogP contribution < -0.4 is 25.0 Å². The zero-order valence-corrected chi connectivity index (χ0v) is 15.7. The molecule has 1 aliphatic rings. The summed E-state index contributed by atoms with van der Waals surface area (Å²) in [5.74, 6) is 0.568. The number of nitrogens with zero attached hydrogens (tertiary/aromatic N) is 1. The van der Waals surface area contributed by atoms with Gasteiger partial charge >= 0.3 is 0 Å². The summed E-state index contributed by atoms with van der Waals surface area (Å²) in [5, 5.41) is 5.87. The number of rotatable bonds is 5. The van der Waals surface area contributed by atoms with Gasteiger partial charge in [-0.3, -0.25) is 9.59 Å². The molecule has 142 valence electrons. The largest absolute Gasteiger partial charge is 0.495 e. The first-order valence-electron chi connectivity index (χ1n) is 8.37. The Morgan fingerprint density at radius 2 is 2.07 bits per heavy atom. The number of para-hydroxylation sites is 2. The van der Waals surface area contributed by atoms with E-state index in [9.17, 15) is 9.59 Å².